The summed E-state index contributed by atoms with van der Waals surface area (Å²) in [6, 6.07) is 0.631. The summed E-state index contributed by atoms with van der Waals surface area (Å²) in [5.74, 6) is 2.73. The van der Waals surface area contributed by atoms with Crippen molar-refractivity contribution in [3.8, 4) is 0 Å². The van der Waals surface area contributed by atoms with E-state index in [1.165, 1.54) is 38.6 Å². The van der Waals surface area contributed by atoms with Crippen LogP contribution in [0.25, 0.3) is 0 Å². The van der Waals surface area contributed by atoms with E-state index >= 15 is 0 Å². The molecule has 90 valence electrons. The number of rotatable bonds is 5. The first-order valence-electron chi connectivity index (χ1n) is 6.84. The summed E-state index contributed by atoms with van der Waals surface area (Å²) in [4.78, 5) is 0. The third kappa shape index (κ3) is 4.55. The van der Waals surface area contributed by atoms with Crippen LogP contribution in [0.4, 0.5) is 0 Å². The van der Waals surface area contributed by atoms with Crippen molar-refractivity contribution in [1.29, 1.82) is 0 Å². The third-order valence-corrected chi connectivity index (χ3v) is 4.14. The second-order valence-corrected chi connectivity index (χ2v) is 5.80. The second-order valence-electron chi connectivity index (χ2n) is 5.80. The van der Waals surface area contributed by atoms with Crippen molar-refractivity contribution in [3.05, 3.63) is 0 Å². The lowest BCUT2D eigenvalue weighted by Crippen LogP contribution is -2.33. The van der Waals surface area contributed by atoms with E-state index < -0.39 is 0 Å². The van der Waals surface area contributed by atoms with E-state index in [0.29, 0.717) is 6.04 Å². The van der Waals surface area contributed by atoms with Crippen LogP contribution < -0.4 is 5.32 Å². The Morgan fingerprint density at radius 2 is 1.60 bits per heavy atom. The molecule has 1 nitrogen and oxygen atoms in total. The smallest absolute Gasteiger partial charge is 0.00104 e. The normalized spacial score (nSPS) is 23.0. The van der Waals surface area contributed by atoms with E-state index in [9.17, 15) is 0 Å². The molecule has 0 bridgehead atoms. The van der Waals surface area contributed by atoms with Gasteiger partial charge in [0.25, 0.3) is 0 Å². The molecule has 0 spiro atoms. The van der Waals surface area contributed by atoms with Crippen LogP contribution in [0.1, 0.15) is 59.8 Å². The SMILES string of the molecule is CC(C)NCC(C)C(C)C1CCCCC1. The molecule has 1 saturated carbocycles. The van der Waals surface area contributed by atoms with Gasteiger partial charge in [-0.25, -0.2) is 0 Å². The fourth-order valence-electron chi connectivity index (χ4n) is 2.73. The van der Waals surface area contributed by atoms with Gasteiger partial charge in [-0.1, -0.05) is 59.8 Å². The molecule has 1 fully saturated rings. The first-order valence-corrected chi connectivity index (χ1v) is 6.84. The lowest BCUT2D eigenvalue weighted by molar-refractivity contribution is 0.198. The van der Waals surface area contributed by atoms with Crippen LogP contribution in [-0.4, -0.2) is 12.6 Å². The monoisotopic (exact) mass is 211 g/mol. The molecule has 1 aliphatic carbocycles. The molecular formula is C14H29N. The maximum absolute atomic E-state index is 3.57. The largest absolute Gasteiger partial charge is 0.314 e. The van der Waals surface area contributed by atoms with Gasteiger partial charge in [-0.3, -0.25) is 0 Å². The fraction of sp³-hybridized carbons (Fsp3) is 1.00. The van der Waals surface area contributed by atoms with Crippen molar-refractivity contribution < 1.29 is 0 Å². The Labute approximate surface area is 96.0 Å². The molecule has 1 N–H and O–H groups in total. The zero-order valence-corrected chi connectivity index (χ0v) is 11.1. The predicted molar refractivity (Wildman–Crippen MR) is 68.0 cm³/mol. The van der Waals surface area contributed by atoms with Crippen molar-refractivity contribution in [2.45, 2.75) is 65.8 Å². The summed E-state index contributed by atoms with van der Waals surface area (Å²) in [5.41, 5.74) is 0. The van der Waals surface area contributed by atoms with E-state index in [0.717, 1.165) is 17.8 Å². The van der Waals surface area contributed by atoms with Gasteiger partial charge in [0, 0.05) is 6.04 Å². The molecule has 0 radical (unpaired) electrons. The van der Waals surface area contributed by atoms with Crippen molar-refractivity contribution in [1.82, 2.24) is 5.32 Å². The van der Waals surface area contributed by atoms with Crippen molar-refractivity contribution in [2.75, 3.05) is 6.54 Å². The Morgan fingerprint density at radius 3 is 2.13 bits per heavy atom. The Balaban J connectivity index is 2.27. The molecule has 0 aromatic rings. The van der Waals surface area contributed by atoms with Gasteiger partial charge >= 0.3 is 0 Å². The molecule has 1 rings (SSSR count). The highest BCUT2D eigenvalue weighted by atomic mass is 14.9. The molecule has 0 heterocycles. The lowest BCUT2D eigenvalue weighted by Gasteiger charge is -2.32. The maximum Gasteiger partial charge on any atom is 0.00104 e. The Kier molecular flexibility index (Phi) is 5.66. The van der Waals surface area contributed by atoms with Crippen LogP contribution in [-0.2, 0) is 0 Å². The zero-order valence-electron chi connectivity index (χ0n) is 11.1. The Bertz CT molecular complexity index is 159. The van der Waals surface area contributed by atoms with Gasteiger partial charge in [0.15, 0.2) is 0 Å². The van der Waals surface area contributed by atoms with E-state index in [-0.39, 0.29) is 0 Å². The molecule has 0 aliphatic heterocycles. The van der Waals surface area contributed by atoms with Gasteiger partial charge < -0.3 is 5.32 Å². The summed E-state index contributed by atoms with van der Waals surface area (Å²) >= 11 is 0. The molecule has 2 unspecified atom stereocenters. The van der Waals surface area contributed by atoms with Crippen LogP contribution >= 0.6 is 0 Å². The van der Waals surface area contributed by atoms with Gasteiger partial charge in [-0.05, 0) is 24.3 Å². The quantitative estimate of drug-likeness (QED) is 0.728. The van der Waals surface area contributed by atoms with E-state index in [4.69, 9.17) is 0 Å². The molecule has 1 aliphatic rings. The standard InChI is InChI=1S/C14H29N/c1-11(2)15-10-12(3)13(4)14-8-6-5-7-9-14/h11-15H,5-10H2,1-4H3. The molecular weight excluding hydrogens is 182 g/mol. The zero-order chi connectivity index (χ0) is 11.3. The van der Waals surface area contributed by atoms with Crippen LogP contribution in [0.2, 0.25) is 0 Å². The first kappa shape index (κ1) is 13.0. The molecule has 2 atom stereocenters. The third-order valence-electron chi connectivity index (χ3n) is 4.14. The summed E-state index contributed by atoms with van der Waals surface area (Å²) in [6.07, 6.45) is 7.38. The molecule has 1 heteroatoms. The average Bonchev–Trinajstić information content (AvgIpc) is 2.26. The predicted octanol–water partition coefficient (Wildman–Crippen LogP) is 3.84. The topological polar surface area (TPSA) is 12.0 Å². The van der Waals surface area contributed by atoms with E-state index in [1.807, 2.05) is 0 Å². The van der Waals surface area contributed by atoms with E-state index in [2.05, 4.69) is 33.0 Å². The molecule has 0 aromatic carbocycles. The Morgan fingerprint density at radius 1 is 1.00 bits per heavy atom. The second kappa shape index (κ2) is 6.52. The summed E-state index contributed by atoms with van der Waals surface area (Å²) in [5, 5.41) is 3.57. The van der Waals surface area contributed by atoms with Crippen molar-refractivity contribution >= 4 is 0 Å². The summed E-state index contributed by atoms with van der Waals surface area (Å²) in [7, 11) is 0. The highest BCUT2D eigenvalue weighted by Gasteiger charge is 2.24. The van der Waals surface area contributed by atoms with Gasteiger partial charge in [-0.15, -0.1) is 0 Å². The summed E-state index contributed by atoms with van der Waals surface area (Å²) in [6.45, 7) is 10.5. The lowest BCUT2D eigenvalue weighted by atomic mass is 9.75. The van der Waals surface area contributed by atoms with Crippen molar-refractivity contribution in [3.63, 3.8) is 0 Å². The van der Waals surface area contributed by atoms with Gasteiger partial charge in [0.2, 0.25) is 0 Å². The number of hydrogen-bond acceptors (Lipinski definition) is 1. The number of hydrogen-bond donors (Lipinski definition) is 1. The Hall–Kier alpha value is -0.0400. The minimum absolute atomic E-state index is 0.631. The van der Waals surface area contributed by atoms with Crippen LogP contribution in [0.3, 0.4) is 0 Å². The average molecular weight is 211 g/mol. The van der Waals surface area contributed by atoms with Crippen LogP contribution in [0.5, 0.6) is 0 Å². The molecule has 0 aromatic heterocycles. The van der Waals surface area contributed by atoms with Gasteiger partial charge in [-0.2, -0.15) is 0 Å². The van der Waals surface area contributed by atoms with E-state index in [1.54, 1.807) is 0 Å². The number of nitrogens with one attached hydrogen (secondary N) is 1. The minimum atomic E-state index is 0.631. The first-order chi connectivity index (χ1) is 7.11. The minimum Gasteiger partial charge on any atom is -0.314 e. The van der Waals surface area contributed by atoms with Crippen LogP contribution in [0.15, 0.2) is 0 Å². The fourth-order valence-corrected chi connectivity index (χ4v) is 2.73. The molecule has 0 amide bonds. The highest BCUT2D eigenvalue weighted by molar-refractivity contribution is 4.76. The molecule has 0 saturated heterocycles. The van der Waals surface area contributed by atoms with Gasteiger partial charge in [0.1, 0.15) is 0 Å². The molecule has 15 heavy (non-hydrogen) atoms. The van der Waals surface area contributed by atoms with Crippen LogP contribution in [0, 0.1) is 17.8 Å². The van der Waals surface area contributed by atoms with Gasteiger partial charge in [0.05, 0.1) is 0 Å². The highest BCUT2D eigenvalue weighted by Crippen LogP contribution is 2.33. The van der Waals surface area contributed by atoms with Crippen molar-refractivity contribution in [2.24, 2.45) is 17.8 Å². The summed E-state index contributed by atoms with van der Waals surface area (Å²) < 4.78 is 0. The maximum atomic E-state index is 3.57.